The maximum Gasteiger partial charge on any atom is 0.327 e. The molecule has 0 radical (unpaired) electrons. The fraction of sp³-hybridized carbons (Fsp3) is 0.370. The van der Waals surface area contributed by atoms with Crippen LogP contribution in [0.2, 0.25) is 0 Å². The Hall–Kier alpha value is -3.92. The Morgan fingerprint density at radius 1 is 1.14 bits per heavy atom. The third-order valence-electron chi connectivity index (χ3n) is 6.20. The molecule has 4 aromatic rings. The van der Waals surface area contributed by atoms with E-state index in [1.54, 1.807) is 19.1 Å². The van der Waals surface area contributed by atoms with E-state index in [4.69, 9.17) is 4.74 Å². The van der Waals surface area contributed by atoms with Crippen LogP contribution in [-0.4, -0.2) is 42.7 Å². The molecule has 37 heavy (non-hydrogen) atoms. The molecule has 194 valence electrons. The van der Waals surface area contributed by atoms with Crippen molar-refractivity contribution >= 4 is 16.9 Å². The molecule has 0 saturated heterocycles. The molecular formula is C27H31FN6O3. The van der Waals surface area contributed by atoms with Gasteiger partial charge in [-0.2, -0.15) is 0 Å². The number of esters is 1. The Kier molecular flexibility index (Phi) is 8.39. The van der Waals surface area contributed by atoms with E-state index in [0.29, 0.717) is 30.9 Å². The number of hydrogen-bond donors (Lipinski definition) is 1. The average molecular weight is 507 g/mol. The van der Waals surface area contributed by atoms with Crippen LogP contribution in [0.15, 0.2) is 53.3 Å². The molecule has 2 aromatic heterocycles. The number of rotatable bonds is 11. The minimum Gasteiger partial charge on any atom is -0.465 e. The molecule has 0 amide bonds. The van der Waals surface area contributed by atoms with Gasteiger partial charge in [-0.05, 0) is 71.5 Å². The first-order chi connectivity index (χ1) is 17.9. The Balaban J connectivity index is 1.73. The number of carbonyl (C=O) groups excluding carboxylic acids is 1. The molecule has 0 aliphatic carbocycles. The number of aromatic nitrogens is 5. The number of benzene rings is 2. The summed E-state index contributed by atoms with van der Waals surface area (Å²) in [4.78, 5) is 30.4. The number of hydrogen-bond acceptors (Lipinski definition) is 7. The van der Waals surface area contributed by atoms with Crippen molar-refractivity contribution in [2.45, 2.75) is 59.3 Å². The van der Waals surface area contributed by atoms with Gasteiger partial charge < -0.3 is 9.72 Å². The highest BCUT2D eigenvalue weighted by Crippen LogP contribution is 2.28. The number of tetrazole rings is 1. The van der Waals surface area contributed by atoms with E-state index in [2.05, 4.69) is 25.4 Å². The van der Waals surface area contributed by atoms with Crippen LogP contribution in [0, 0.1) is 12.7 Å². The van der Waals surface area contributed by atoms with Gasteiger partial charge in [0.25, 0.3) is 5.56 Å². The lowest BCUT2D eigenvalue weighted by Crippen LogP contribution is -2.33. The van der Waals surface area contributed by atoms with Gasteiger partial charge in [0.15, 0.2) is 5.82 Å². The lowest BCUT2D eigenvalue weighted by atomic mass is 10.0. The zero-order valence-corrected chi connectivity index (χ0v) is 21.3. The van der Waals surface area contributed by atoms with Crippen LogP contribution in [-0.2, 0) is 29.2 Å². The molecule has 0 aliphatic rings. The Labute approximate surface area is 214 Å². The van der Waals surface area contributed by atoms with Crippen LogP contribution in [0.4, 0.5) is 4.39 Å². The normalized spacial score (nSPS) is 12.2. The van der Waals surface area contributed by atoms with Crippen LogP contribution in [0.1, 0.15) is 55.2 Å². The fourth-order valence-corrected chi connectivity index (χ4v) is 4.44. The highest BCUT2D eigenvalue weighted by molar-refractivity contribution is 5.79. The van der Waals surface area contributed by atoms with Crippen molar-refractivity contribution in [3.63, 3.8) is 0 Å². The first-order valence-corrected chi connectivity index (χ1v) is 12.4. The molecule has 0 fully saturated rings. The Morgan fingerprint density at radius 2 is 1.92 bits per heavy atom. The summed E-state index contributed by atoms with van der Waals surface area (Å²) in [5.74, 6) is -0.248. The van der Waals surface area contributed by atoms with E-state index in [9.17, 15) is 14.0 Å². The van der Waals surface area contributed by atoms with Crippen LogP contribution in [0.3, 0.4) is 0 Å². The topological polar surface area (TPSA) is 106 Å². The first kappa shape index (κ1) is 26.2. The van der Waals surface area contributed by atoms with Crippen molar-refractivity contribution in [1.82, 2.24) is 30.1 Å². The molecule has 0 saturated carbocycles. The molecule has 2 aromatic carbocycles. The second kappa shape index (κ2) is 11.9. The number of H-pyrrole nitrogens is 1. The lowest BCUT2D eigenvalue weighted by molar-refractivity contribution is -0.144. The second-order valence-electron chi connectivity index (χ2n) is 9.05. The maximum absolute atomic E-state index is 13.6. The summed E-state index contributed by atoms with van der Waals surface area (Å²) < 4.78 is 20.1. The van der Waals surface area contributed by atoms with Gasteiger partial charge in [-0.25, -0.2) is 9.07 Å². The van der Waals surface area contributed by atoms with Gasteiger partial charge in [-0.3, -0.25) is 14.5 Å². The van der Waals surface area contributed by atoms with Gasteiger partial charge in [0.1, 0.15) is 12.4 Å². The first-order valence-electron chi connectivity index (χ1n) is 12.4. The molecule has 0 spiro atoms. The molecule has 0 bridgehead atoms. The molecule has 9 nitrogen and oxygen atoms in total. The van der Waals surface area contributed by atoms with Gasteiger partial charge in [0, 0.05) is 24.2 Å². The minimum atomic E-state index is -0.433. The predicted molar refractivity (Wildman–Crippen MR) is 137 cm³/mol. The second-order valence-corrected chi connectivity index (χ2v) is 9.05. The van der Waals surface area contributed by atoms with Gasteiger partial charge >= 0.3 is 5.97 Å². The Bertz CT molecular complexity index is 1420. The van der Waals surface area contributed by atoms with Crippen molar-refractivity contribution in [3.05, 3.63) is 87.2 Å². The smallest absolute Gasteiger partial charge is 0.327 e. The molecule has 2 heterocycles. The number of aromatic amines is 1. The highest BCUT2D eigenvalue weighted by atomic mass is 19.1. The van der Waals surface area contributed by atoms with E-state index < -0.39 is 5.97 Å². The zero-order chi connectivity index (χ0) is 26.4. The highest BCUT2D eigenvalue weighted by Gasteiger charge is 2.27. The number of carbonyl (C=O) groups is 1. The number of aryl methyl sites for hydroxylation is 1. The summed E-state index contributed by atoms with van der Waals surface area (Å²) in [7, 11) is 0. The van der Waals surface area contributed by atoms with Gasteiger partial charge in [-0.1, -0.05) is 37.6 Å². The molecule has 0 unspecified atom stereocenters. The predicted octanol–water partition coefficient (Wildman–Crippen LogP) is 4.07. The van der Waals surface area contributed by atoms with Crippen LogP contribution >= 0.6 is 0 Å². The monoisotopic (exact) mass is 506 g/mol. The quantitative estimate of drug-likeness (QED) is 0.306. The Morgan fingerprint density at radius 3 is 2.65 bits per heavy atom. The number of fused-ring (bicyclic) bond motifs is 1. The summed E-state index contributed by atoms with van der Waals surface area (Å²) in [6.07, 6.45) is 1.49. The van der Waals surface area contributed by atoms with E-state index in [0.717, 1.165) is 28.5 Å². The minimum absolute atomic E-state index is 0.114. The SMILES string of the molecule is CCC[C@@H](c1nnnn1CC(=O)OCC)N(Cc1ccc(F)cc1)Cc1cc2ccc(C)cc2[nH]c1=O. The van der Waals surface area contributed by atoms with E-state index in [-0.39, 0.29) is 30.6 Å². The molecule has 4 rings (SSSR count). The average Bonchev–Trinajstić information content (AvgIpc) is 3.31. The summed E-state index contributed by atoms with van der Waals surface area (Å²) in [5.41, 5.74) is 3.12. The van der Waals surface area contributed by atoms with E-state index in [1.807, 2.05) is 38.1 Å². The van der Waals surface area contributed by atoms with Crippen LogP contribution in [0.5, 0.6) is 0 Å². The van der Waals surface area contributed by atoms with Crippen molar-refractivity contribution in [2.75, 3.05) is 6.61 Å². The fourth-order valence-electron chi connectivity index (χ4n) is 4.44. The molecular weight excluding hydrogens is 475 g/mol. The van der Waals surface area contributed by atoms with Crippen molar-refractivity contribution in [3.8, 4) is 0 Å². The van der Waals surface area contributed by atoms with Crippen molar-refractivity contribution in [2.24, 2.45) is 0 Å². The third-order valence-corrected chi connectivity index (χ3v) is 6.20. The number of nitrogens with zero attached hydrogens (tertiary/aromatic N) is 5. The summed E-state index contributed by atoms with van der Waals surface area (Å²) in [6, 6.07) is 13.8. The summed E-state index contributed by atoms with van der Waals surface area (Å²) in [6.45, 7) is 6.63. The number of halogens is 1. The van der Waals surface area contributed by atoms with Crippen molar-refractivity contribution in [1.29, 1.82) is 0 Å². The molecule has 0 aliphatic heterocycles. The summed E-state index contributed by atoms with van der Waals surface area (Å²) >= 11 is 0. The van der Waals surface area contributed by atoms with Crippen LogP contribution < -0.4 is 5.56 Å². The number of nitrogens with one attached hydrogen (secondary N) is 1. The van der Waals surface area contributed by atoms with E-state index in [1.165, 1.54) is 16.8 Å². The molecule has 1 N–H and O–H groups in total. The lowest BCUT2D eigenvalue weighted by Gasteiger charge is -2.31. The summed E-state index contributed by atoms with van der Waals surface area (Å²) in [5, 5.41) is 13.0. The van der Waals surface area contributed by atoms with Crippen molar-refractivity contribution < 1.29 is 13.9 Å². The number of ether oxygens (including phenoxy) is 1. The van der Waals surface area contributed by atoms with Gasteiger partial charge in [0.05, 0.1) is 12.6 Å². The number of pyridine rings is 1. The van der Waals surface area contributed by atoms with Gasteiger partial charge in [0.2, 0.25) is 0 Å². The maximum atomic E-state index is 13.6. The molecule has 1 atom stereocenters. The molecule has 10 heteroatoms. The largest absolute Gasteiger partial charge is 0.465 e. The van der Waals surface area contributed by atoms with E-state index >= 15 is 0 Å². The third kappa shape index (κ3) is 6.45. The zero-order valence-electron chi connectivity index (χ0n) is 21.3. The standard InChI is InChI=1S/C27H31FN6O3/c1-4-6-24(26-30-31-32-34(26)17-25(35)37-5-2)33(15-19-8-11-22(28)12-9-19)16-21-14-20-10-7-18(3)13-23(20)29-27(21)36/h7-14,24H,4-6,15-17H2,1-3H3,(H,29,36)/t24-/m0/s1. The van der Waals surface area contributed by atoms with Gasteiger partial charge in [-0.15, -0.1) is 5.10 Å². The van der Waals surface area contributed by atoms with Crippen LogP contribution in [0.25, 0.3) is 10.9 Å².